The maximum atomic E-state index is 14.2. The van der Waals surface area contributed by atoms with E-state index in [4.69, 9.17) is 4.42 Å². The molecule has 6 nitrogen and oxygen atoms in total. The van der Waals surface area contributed by atoms with Crippen molar-refractivity contribution in [2.45, 2.75) is 11.3 Å². The predicted molar refractivity (Wildman–Crippen MR) is 89.5 cm³/mol. The average Bonchev–Trinajstić information content (AvgIpc) is 2.94. The molecule has 0 saturated heterocycles. The number of benzene rings is 2. The fourth-order valence-electron chi connectivity index (χ4n) is 2.51. The normalized spacial score (nSPS) is 12.2. The molecule has 11 heteroatoms. The Morgan fingerprint density at radius 1 is 1.07 bits per heavy atom. The van der Waals surface area contributed by atoms with Crippen molar-refractivity contribution in [3.63, 3.8) is 0 Å². The van der Waals surface area contributed by atoms with E-state index >= 15 is 0 Å². The molecular weight excluding hydrogens is 406 g/mol. The van der Waals surface area contributed by atoms with Crippen LogP contribution in [0.2, 0.25) is 0 Å². The predicted octanol–water partition coefficient (Wildman–Crippen LogP) is 3.54. The molecule has 28 heavy (non-hydrogen) atoms. The highest BCUT2D eigenvalue weighted by molar-refractivity contribution is 7.90. The van der Waals surface area contributed by atoms with Crippen LogP contribution in [0, 0.1) is 5.82 Å². The van der Waals surface area contributed by atoms with Crippen molar-refractivity contribution in [1.29, 1.82) is 0 Å². The molecule has 0 N–H and O–H groups in total. The summed E-state index contributed by atoms with van der Waals surface area (Å²) >= 11 is 0. The second-order valence-corrected chi connectivity index (χ2v) is 7.67. The van der Waals surface area contributed by atoms with Gasteiger partial charge in [0.1, 0.15) is 22.7 Å². The summed E-state index contributed by atoms with van der Waals surface area (Å²) in [4.78, 5) is 11.5. The molecule has 0 saturated carbocycles. The van der Waals surface area contributed by atoms with E-state index in [0.717, 1.165) is 41.4 Å². The van der Waals surface area contributed by atoms with E-state index in [1.807, 2.05) is 0 Å². The third-order valence-electron chi connectivity index (χ3n) is 3.65. The highest BCUT2D eigenvalue weighted by atomic mass is 32.2. The first-order chi connectivity index (χ1) is 13.0. The van der Waals surface area contributed by atoms with E-state index in [9.17, 15) is 30.8 Å². The molecule has 0 spiro atoms. The topological polar surface area (TPSA) is 78.5 Å². The van der Waals surface area contributed by atoms with Gasteiger partial charge in [-0.15, -0.1) is 13.2 Å². The fraction of sp³-hybridized carbons (Fsp3) is 0.118. The fourth-order valence-corrected chi connectivity index (χ4v) is 3.24. The number of ether oxygens (including phenoxy) is 1. The SMILES string of the molecule is CS(=O)(=O)c1ccc(-c2coc(=O)n2-c2ccc(OC(F)(F)F)cc2)cc1F. The summed E-state index contributed by atoms with van der Waals surface area (Å²) in [6.07, 6.45) is -2.99. The third kappa shape index (κ3) is 4.09. The van der Waals surface area contributed by atoms with E-state index in [1.165, 1.54) is 18.2 Å². The van der Waals surface area contributed by atoms with Crippen molar-refractivity contribution in [3.8, 4) is 22.7 Å². The van der Waals surface area contributed by atoms with Crippen LogP contribution >= 0.6 is 0 Å². The molecule has 1 heterocycles. The highest BCUT2D eigenvalue weighted by Crippen LogP contribution is 2.27. The molecule has 0 bridgehead atoms. The summed E-state index contributed by atoms with van der Waals surface area (Å²) in [6.45, 7) is 0. The quantitative estimate of drug-likeness (QED) is 0.607. The summed E-state index contributed by atoms with van der Waals surface area (Å²) in [5.74, 6) is -2.38. The van der Waals surface area contributed by atoms with Gasteiger partial charge in [-0.1, -0.05) is 6.07 Å². The number of hydrogen-bond acceptors (Lipinski definition) is 5. The van der Waals surface area contributed by atoms with Gasteiger partial charge < -0.3 is 9.15 Å². The van der Waals surface area contributed by atoms with Crippen molar-refractivity contribution in [2.24, 2.45) is 0 Å². The van der Waals surface area contributed by atoms with E-state index in [1.54, 1.807) is 0 Å². The monoisotopic (exact) mass is 417 g/mol. The lowest BCUT2D eigenvalue weighted by Gasteiger charge is -2.11. The molecule has 3 aromatic rings. The van der Waals surface area contributed by atoms with Gasteiger partial charge >= 0.3 is 12.1 Å². The zero-order valence-corrected chi connectivity index (χ0v) is 14.8. The molecular formula is C17H11F4NO5S. The minimum atomic E-state index is -4.86. The molecule has 1 aromatic heterocycles. The molecule has 148 valence electrons. The van der Waals surface area contributed by atoms with Crippen LogP contribution in [0.1, 0.15) is 0 Å². The van der Waals surface area contributed by atoms with Crippen LogP contribution in [0.15, 0.2) is 62.8 Å². The summed E-state index contributed by atoms with van der Waals surface area (Å²) in [7, 11) is -3.78. The summed E-state index contributed by atoms with van der Waals surface area (Å²) in [6, 6.07) is 7.60. The smallest absolute Gasteiger partial charge is 0.415 e. The molecule has 2 aromatic carbocycles. The van der Waals surface area contributed by atoms with Crippen LogP contribution in [0.25, 0.3) is 16.9 Å². The Bertz CT molecular complexity index is 1180. The number of nitrogens with zero attached hydrogens (tertiary/aromatic N) is 1. The largest absolute Gasteiger partial charge is 0.573 e. The first-order valence-electron chi connectivity index (χ1n) is 7.52. The van der Waals surface area contributed by atoms with Crippen molar-refractivity contribution < 1.29 is 35.1 Å². The first kappa shape index (κ1) is 19.7. The lowest BCUT2D eigenvalue weighted by atomic mass is 10.1. The zero-order valence-electron chi connectivity index (χ0n) is 14.0. The van der Waals surface area contributed by atoms with Crippen molar-refractivity contribution >= 4 is 9.84 Å². The van der Waals surface area contributed by atoms with E-state index in [2.05, 4.69) is 4.74 Å². The number of oxazole rings is 1. The first-order valence-corrected chi connectivity index (χ1v) is 9.41. The van der Waals surface area contributed by atoms with Gasteiger partial charge in [-0.25, -0.2) is 22.2 Å². The maximum Gasteiger partial charge on any atom is 0.573 e. The molecule has 0 aliphatic heterocycles. The average molecular weight is 417 g/mol. The zero-order chi connectivity index (χ0) is 20.7. The molecule has 3 rings (SSSR count). The van der Waals surface area contributed by atoms with Crippen molar-refractivity contribution in [1.82, 2.24) is 4.57 Å². The third-order valence-corrected chi connectivity index (χ3v) is 4.78. The second-order valence-electron chi connectivity index (χ2n) is 5.68. The molecule has 0 fully saturated rings. The second kappa shape index (κ2) is 6.82. The number of hydrogen-bond donors (Lipinski definition) is 0. The Kier molecular flexibility index (Phi) is 4.79. The van der Waals surface area contributed by atoms with Crippen LogP contribution in [-0.4, -0.2) is 25.6 Å². The maximum absolute atomic E-state index is 14.2. The Morgan fingerprint density at radius 3 is 2.25 bits per heavy atom. The Hall–Kier alpha value is -3.08. The number of sulfone groups is 1. The standard InChI is InChI=1S/C17H11F4NO5S/c1-28(24,25)15-7-2-10(8-13(15)18)14-9-26-16(23)22(14)11-3-5-12(6-4-11)27-17(19,20)21/h2-9H,1H3. The lowest BCUT2D eigenvalue weighted by Crippen LogP contribution is -2.17. The molecule has 0 unspecified atom stereocenters. The van der Waals surface area contributed by atoms with E-state index < -0.39 is 38.4 Å². The van der Waals surface area contributed by atoms with E-state index in [-0.39, 0.29) is 16.9 Å². The summed E-state index contributed by atoms with van der Waals surface area (Å²) in [5.41, 5.74) is 0.343. The van der Waals surface area contributed by atoms with Gasteiger partial charge in [0.2, 0.25) is 0 Å². The van der Waals surface area contributed by atoms with Crippen LogP contribution in [0.3, 0.4) is 0 Å². The van der Waals surface area contributed by atoms with Gasteiger partial charge in [0.25, 0.3) is 0 Å². The summed E-state index contributed by atoms with van der Waals surface area (Å²) in [5, 5.41) is 0. The molecule has 0 aliphatic rings. The molecule has 0 atom stereocenters. The van der Waals surface area contributed by atoms with Crippen LogP contribution in [0.5, 0.6) is 5.75 Å². The van der Waals surface area contributed by atoms with Gasteiger partial charge in [0, 0.05) is 11.8 Å². The molecule has 0 aliphatic carbocycles. The number of halogens is 4. The summed E-state index contributed by atoms with van der Waals surface area (Å²) < 4.78 is 83.5. The van der Waals surface area contributed by atoms with Gasteiger partial charge in [0.15, 0.2) is 9.84 Å². The number of alkyl halides is 3. The van der Waals surface area contributed by atoms with E-state index in [0.29, 0.717) is 0 Å². The Labute approximate surface area is 155 Å². The Balaban J connectivity index is 2.04. The van der Waals surface area contributed by atoms with Gasteiger partial charge in [0.05, 0.1) is 11.4 Å². The van der Waals surface area contributed by atoms with Crippen molar-refractivity contribution in [2.75, 3.05) is 6.26 Å². The van der Waals surface area contributed by atoms with Gasteiger partial charge in [-0.3, -0.25) is 0 Å². The Morgan fingerprint density at radius 2 is 1.71 bits per heavy atom. The minimum absolute atomic E-state index is 0.0773. The number of rotatable bonds is 4. The molecule has 0 amide bonds. The number of aromatic nitrogens is 1. The van der Waals surface area contributed by atoms with Gasteiger partial charge in [-0.2, -0.15) is 0 Å². The lowest BCUT2D eigenvalue weighted by molar-refractivity contribution is -0.274. The molecule has 0 radical (unpaired) electrons. The minimum Gasteiger partial charge on any atom is -0.415 e. The van der Waals surface area contributed by atoms with Crippen molar-refractivity contribution in [3.05, 3.63) is 65.1 Å². The van der Waals surface area contributed by atoms with Crippen LogP contribution in [-0.2, 0) is 9.84 Å². The van der Waals surface area contributed by atoms with Crippen LogP contribution in [0.4, 0.5) is 17.6 Å². The van der Waals surface area contributed by atoms with Gasteiger partial charge in [-0.05, 0) is 36.4 Å². The van der Waals surface area contributed by atoms with Crippen LogP contribution < -0.4 is 10.5 Å². The highest BCUT2D eigenvalue weighted by Gasteiger charge is 2.31.